The maximum absolute atomic E-state index is 12.5. The highest BCUT2D eigenvalue weighted by molar-refractivity contribution is 7.87. The van der Waals surface area contributed by atoms with Crippen LogP contribution in [0.2, 0.25) is 10.0 Å². The van der Waals surface area contributed by atoms with Gasteiger partial charge >= 0.3 is 16.1 Å². The SMILES string of the molecule is O=C1OC(c2ccc(Cl)cc2)=N/C1=C/c1cccc(OS(=O)(=O)c2ccc(Cl)cc2)c1. The van der Waals surface area contributed by atoms with Crippen LogP contribution in [0.4, 0.5) is 0 Å². The Kier molecular flexibility index (Phi) is 5.82. The predicted molar refractivity (Wildman–Crippen MR) is 118 cm³/mol. The van der Waals surface area contributed by atoms with E-state index in [1.165, 1.54) is 42.5 Å². The molecule has 0 amide bonds. The lowest BCUT2D eigenvalue weighted by molar-refractivity contribution is -0.129. The fourth-order valence-corrected chi connectivity index (χ4v) is 3.89. The van der Waals surface area contributed by atoms with E-state index in [-0.39, 0.29) is 22.2 Å². The summed E-state index contributed by atoms with van der Waals surface area (Å²) in [5.74, 6) is -0.381. The summed E-state index contributed by atoms with van der Waals surface area (Å²) in [5, 5.41) is 0.962. The molecule has 31 heavy (non-hydrogen) atoms. The van der Waals surface area contributed by atoms with Gasteiger partial charge < -0.3 is 8.92 Å². The molecule has 3 aromatic rings. The van der Waals surface area contributed by atoms with Crippen LogP contribution in [-0.4, -0.2) is 20.3 Å². The van der Waals surface area contributed by atoms with E-state index in [1.54, 1.807) is 36.4 Å². The molecule has 0 unspecified atom stereocenters. The van der Waals surface area contributed by atoms with Crippen LogP contribution in [-0.2, 0) is 19.6 Å². The second-order valence-corrected chi connectivity index (χ2v) is 8.83. The topological polar surface area (TPSA) is 82.0 Å². The molecule has 0 spiro atoms. The van der Waals surface area contributed by atoms with Crippen LogP contribution in [0.5, 0.6) is 5.75 Å². The molecule has 0 saturated heterocycles. The van der Waals surface area contributed by atoms with Gasteiger partial charge in [0.1, 0.15) is 10.6 Å². The molecule has 4 rings (SSSR count). The minimum absolute atomic E-state index is 0.0303. The van der Waals surface area contributed by atoms with E-state index in [2.05, 4.69) is 4.99 Å². The molecule has 0 N–H and O–H groups in total. The van der Waals surface area contributed by atoms with Gasteiger partial charge in [0.2, 0.25) is 5.90 Å². The lowest BCUT2D eigenvalue weighted by Gasteiger charge is -2.07. The van der Waals surface area contributed by atoms with Gasteiger partial charge in [0.15, 0.2) is 5.70 Å². The number of ether oxygens (including phenoxy) is 1. The number of cyclic esters (lactones) is 1. The molecular formula is C22H13Cl2NO5S. The molecule has 0 bridgehead atoms. The first-order chi connectivity index (χ1) is 14.8. The Bertz CT molecular complexity index is 1310. The average molecular weight is 474 g/mol. The molecule has 0 saturated carbocycles. The highest BCUT2D eigenvalue weighted by Crippen LogP contribution is 2.24. The predicted octanol–water partition coefficient (Wildman–Crippen LogP) is 5.11. The van der Waals surface area contributed by atoms with E-state index < -0.39 is 16.1 Å². The second kappa shape index (κ2) is 8.55. The van der Waals surface area contributed by atoms with E-state index in [9.17, 15) is 13.2 Å². The van der Waals surface area contributed by atoms with E-state index in [0.29, 0.717) is 21.2 Å². The largest absolute Gasteiger partial charge is 0.402 e. The molecular weight excluding hydrogens is 461 g/mol. The summed E-state index contributed by atoms with van der Waals surface area (Å²) >= 11 is 11.7. The van der Waals surface area contributed by atoms with Crippen LogP contribution in [0.1, 0.15) is 11.1 Å². The Balaban J connectivity index is 1.58. The van der Waals surface area contributed by atoms with Crippen LogP contribution < -0.4 is 4.18 Å². The van der Waals surface area contributed by atoms with Crippen LogP contribution in [0.3, 0.4) is 0 Å². The van der Waals surface area contributed by atoms with Crippen molar-refractivity contribution in [2.45, 2.75) is 4.90 Å². The van der Waals surface area contributed by atoms with Crippen molar-refractivity contribution in [2.24, 2.45) is 4.99 Å². The zero-order valence-electron chi connectivity index (χ0n) is 15.7. The lowest BCUT2D eigenvalue weighted by atomic mass is 10.2. The normalized spacial score (nSPS) is 15.0. The van der Waals surface area contributed by atoms with Crippen molar-refractivity contribution >= 4 is 51.3 Å². The van der Waals surface area contributed by atoms with Crippen molar-refractivity contribution in [1.29, 1.82) is 0 Å². The standard InChI is InChI=1S/C22H13Cl2NO5S/c23-16-6-4-15(5-7-16)21-25-20(22(26)29-21)13-14-2-1-3-18(12-14)30-31(27,28)19-10-8-17(24)9-11-19/h1-13H/b20-13+. The third kappa shape index (κ3) is 4.96. The third-order valence-corrected chi connectivity index (χ3v) is 5.95. The molecule has 0 aromatic heterocycles. The van der Waals surface area contributed by atoms with Crippen molar-refractivity contribution in [3.05, 3.63) is 99.7 Å². The zero-order valence-corrected chi connectivity index (χ0v) is 18.0. The summed E-state index contributed by atoms with van der Waals surface area (Å²) in [5.41, 5.74) is 1.19. The van der Waals surface area contributed by atoms with E-state index in [1.807, 2.05) is 0 Å². The number of rotatable bonds is 5. The summed E-state index contributed by atoms with van der Waals surface area (Å²) in [4.78, 5) is 16.4. The Morgan fingerprint density at radius 3 is 2.23 bits per heavy atom. The first-order valence-corrected chi connectivity index (χ1v) is 11.1. The molecule has 9 heteroatoms. The number of benzene rings is 3. The quantitative estimate of drug-likeness (QED) is 0.292. The first kappa shape index (κ1) is 21.1. The summed E-state index contributed by atoms with van der Waals surface area (Å²) in [6, 6.07) is 18.6. The number of halogens is 2. The van der Waals surface area contributed by atoms with Crippen molar-refractivity contribution in [3.63, 3.8) is 0 Å². The molecule has 3 aromatic carbocycles. The van der Waals surface area contributed by atoms with Crippen molar-refractivity contribution in [1.82, 2.24) is 0 Å². The van der Waals surface area contributed by atoms with Crippen LogP contribution >= 0.6 is 23.2 Å². The first-order valence-electron chi connectivity index (χ1n) is 8.89. The Morgan fingerprint density at radius 1 is 0.903 bits per heavy atom. The van der Waals surface area contributed by atoms with Crippen LogP contribution in [0.15, 0.2) is 88.4 Å². The minimum atomic E-state index is -4.04. The van der Waals surface area contributed by atoms with Gasteiger partial charge in [-0.3, -0.25) is 0 Å². The van der Waals surface area contributed by atoms with Crippen molar-refractivity contribution < 1.29 is 22.1 Å². The highest BCUT2D eigenvalue weighted by Gasteiger charge is 2.24. The molecule has 1 aliphatic heterocycles. The molecule has 0 atom stereocenters. The number of carbonyl (C=O) groups excluding carboxylic acids is 1. The smallest absolute Gasteiger partial charge is 0.363 e. The van der Waals surface area contributed by atoms with Crippen molar-refractivity contribution in [2.75, 3.05) is 0 Å². The summed E-state index contributed by atoms with van der Waals surface area (Å²) in [7, 11) is -4.04. The molecule has 6 nitrogen and oxygen atoms in total. The molecule has 0 aliphatic carbocycles. The van der Waals surface area contributed by atoms with E-state index >= 15 is 0 Å². The van der Waals surface area contributed by atoms with Gasteiger partial charge in [-0.1, -0.05) is 35.3 Å². The maximum atomic E-state index is 12.5. The third-order valence-electron chi connectivity index (χ3n) is 4.18. The Morgan fingerprint density at radius 2 is 1.55 bits per heavy atom. The summed E-state index contributed by atoms with van der Waals surface area (Å²) in [6.45, 7) is 0. The van der Waals surface area contributed by atoms with Gasteiger partial charge in [-0.2, -0.15) is 8.42 Å². The lowest BCUT2D eigenvalue weighted by Crippen LogP contribution is -2.09. The monoisotopic (exact) mass is 473 g/mol. The van der Waals surface area contributed by atoms with E-state index in [4.69, 9.17) is 32.1 Å². The second-order valence-electron chi connectivity index (χ2n) is 6.41. The summed E-state index contributed by atoms with van der Waals surface area (Å²) in [6.07, 6.45) is 1.48. The zero-order chi connectivity index (χ0) is 22.0. The summed E-state index contributed by atoms with van der Waals surface area (Å²) < 4.78 is 35.3. The molecule has 1 heterocycles. The molecule has 0 radical (unpaired) electrons. The Hall–Kier alpha value is -3.13. The van der Waals surface area contributed by atoms with Gasteiger partial charge in [0.25, 0.3) is 0 Å². The van der Waals surface area contributed by atoms with Crippen molar-refractivity contribution in [3.8, 4) is 5.75 Å². The molecule has 0 fully saturated rings. The Labute approximate surface area is 188 Å². The van der Waals surface area contributed by atoms with Gasteiger partial charge in [-0.25, -0.2) is 9.79 Å². The van der Waals surface area contributed by atoms with Crippen LogP contribution in [0, 0.1) is 0 Å². The number of aliphatic imine (C=N–C) groups is 1. The van der Waals surface area contributed by atoms with E-state index in [0.717, 1.165) is 0 Å². The van der Waals surface area contributed by atoms with Gasteiger partial charge in [-0.05, 0) is 72.3 Å². The number of hydrogen-bond acceptors (Lipinski definition) is 6. The minimum Gasteiger partial charge on any atom is -0.402 e. The molecule has 1 aliphatic rings. The number of hydrogen-bond donors (Lipinski definition) is 0. The number of nitrogens with zero attached hydrogens (tertiary/aromatic N) is 1. The van der Waals surface area contributed by atoms with Gasteiger partial charge in [-0.15, -0.1) is 0 Å². The molecule has 156 valence electrons. The number of carbonyl (C=O) groups is 1. The maximum Gasteiger partial charge on any atom is 0.363 e. The fraction of sp³-hybridized carbons (Fsp3) is 0. The number of esters is 1. The highest BCUT2D eigenvalue weighted by atomic mass is 35.5. The average Bonchev–Trinajstić information content (AvgIpc) is 3.09. The van der Waals surface area contributed by atoms with Crippen LogP contribution in [0.25, 0.3) is 6.08 Å². The van der Waals surface area contributed by atoms with Gasteiger partial charge in [0.05, 0.1) is 0 Å². The fourth-order valence-electron chi connectivity index (χ4n) is 2.72. The van der Waals surface area contributed by atoms with Gasteiger partial charge in [0, 0.05) is 15.6 Å².